The van der Waals surface area contributed by atoms with E-state index < -0.39 is 0 Å². The number of carbonyl (C=O) groups is 1. The van der Waals surface area contributed by atoms with Gasteiger partial charge in [-0.25, -0.2) is 9.78 Å². The van der Waals surface area contributed by atoms with Gasteiger partial charge in [-0.3, -0.25) is 0 Å². The smallest absolute Gasteiger partial charge is 0.360 e. The number of benzene rings is 1. The number of anilines is 1. The molecule has 20 heavy (non-hydrogen) atoms. The molecule has 2 rings (SSSR count). The van der Waals surface area contributed by atoms with E-state index in [0.717, 1.165) is 5.00 Å². The number of rotatable bonds is 5. The average molecular weight is 290 g/mol. The largest absolute Gasteiger partial charge is 0.461 e. The average Bonchev–Trinajstić information content (AvgIpc) is 2.88. The second-order valence-electron chi connectivity index (χ2n) is 4.53. The van der Waals surface area contributed by atoms with Gasteiger partial charge in [-0.1, -0.05) is 29.8 Å². The monoisotopic (exact) mass is 290 g/mol. The fourth-order valence-electron chi connectivity index (χ4n) is 1.83. The molecule has 1 atom stereocenters. The molecule has 1 aromatic heterocycles. The van der Waals surface area contributed by atoms with Crippen molar-refractivity contribution in [1.29, 1.82) is 0 Å². The van der Waals surface area contributed by atoms with Crippen LogP contribution in [-0.2, 0) is 4.74 Å². The van der Waals surface area contributed by atoms with E-state index in [2.05, 4.69) is 48.4 Å². The minimum Gasteiger partial charge on any atom is -0.461 e. The van der Waals surface area contributed by atoms with E-state index in [9.17, 15) is 4.79 Å². The number of aromatic nitrogens is 1. The SMILES string of the molecule is CCOC(=O)c1ncsc1NC(C)c1ccc(C)cc1. The second kappa shape index (κ2) is 6.52. The third-order valence-electron chi connectivity index (χ3n) is 2.96. The van der Waals surface area contributed by atoms with Gasteiger partial charge in [-0.05, 0) is 26.3 Å². The lowest BCUT2D eigenvalue weighted by atomic mass is 10.1. The van der Waals surface area contributed by atoms with Crippen LogP contribution in [0.5, 0.6) is 0 Å². The van der Waals surface area contributed by atoms with Crippen LogP contribution in [0, 0.1) is 6.92 Å². The molecule has 0 radical (unpaired) electrons. The van der Waals surface area contributed by atoms with Crippen molar-refractivity contribution in [2.45, 2.75) is 26.8 Å². The van der Waals surface area contributed by atoms with E-state index in [4.69, 9.17) is 4.74 Å². The van der Waals surface area contributed by atoms with Crippen LogP contribution in [0.4, 0.5) is 5.00 Å². The molecule has 0 fully saturated rings. The van der Waals surface area contributed by atoms with Crippen LogP contribution in [-0.4, -0.2) is 17.6 Å². The van der Waals surface area contributed by atoms with Crippen molar-refractivity contribution in [2.24, 2.45) is 0 Å². The van der Waals surface area contributed by atoms with Crippen LogP contribution >= 0.6 is 11.3 Å². The zero-order chi connectivity index (χ0) is 14.5. The summed E-state index contributed by atoms with van der Waals surface area (Å²) in [6, 6.07) is 8.42. The van der Waals surface area contributed by atoms with Crippen LogP contribution in [0.15, 0.2) is 29.8 Å². The predicted octanol–water partition coefficient (Wildman–Crippen LogP) is 3.80. The summed E-state index contributed by atoms with van der Waals surface area (Å²) in [6.07, 6.45) is 0. The lowest BCUT2D eigenvalue weighted by Gasteiger charge is -2.15. The first kappa shape index (κ1) is 14.5. The number of nitrogens with zero attached hydrogens (tertiary/aromatic N) is 1. The molecule has 0 aliphatic heterocycles. The Hall–Kier alpha value is -1.88. The molecule has 1 heterocycles. The molecule has 0 aliphatic carbocycles. The van der Waals surface area contributed by atoms with E-state index in [1.165, 1.54) is 22.5 Å². The maximum Gasteiger partial charge on any atom is 0.360 e. The molecule has 2 aromatic rings. The highest BCUT2D eigenvalue weighted by Gasteiger charge is 2.17. The number of hydrogen-bond donors (Lipinski definition) is 1. The maximum absolute atomic E-state index is 11.8. The topological polar surface area (TPSA) is 51.2 Å². The van der Waals surface area contributed by atoms with E-state index in [1.54, 1.807) is 12.4 Å². The first-order valence-corrected chi connectivity index (χ1v) is 7.43. The molecular formula is C15H18N2O2S. The Balaban J connectivity index is 2.12. The lowest BCUT2D eigenvalue weighted by Crippen LogP contribution is -2.11. The summed E-state index contributed by atoms with van der Waals surface area (Å²) in [4.78, 5) is 15.8. The Bertz CT molecular complexity index is 578. The summed E-state index contributed by atoms with van der Waals surface area (Å²) in [6.45, 7) is 6.25. The molecule has 0 aliphatic rings. The summed E-state index contributed by atoms with van der Waals surface area (Å²) in [7, 11) is 0. The Morgan fingerprint density at radius 1 is 1.40 bits per heavy atom. The van der Waals surface area contributed by atoms with Crippen LogP contribution < -0.4 is 5.32 Å². The lowest BCUT2D eigenvalue weighted by molar-refractivity contribution is 0.0521. The first-order chi connectivity index (χ1) is 9.61. The standard InChI is InChI=1S/C15H18N2O2S/c1-4-19-15(18)13-14(20-9-16-13)17-11(3)12-7-5-10(2)6-8-12/h5-9,11,17H,4H2,1-3H3. The van der Waals surface area contributed by atoms with Gasteiger partial charge in [0.2, 0.25) is 0 Å². The molecule has 106 valence electrons. The molecule has 1 aromatic carbocycles. The quantitative estimate of drug-likeness (QED) is 0.851. The molecule has 0 saturated heterocycles. The van der Waals surface area contributed by atoms with Crippen molar-refractivity contribution in [3.8, 4) is 0 Å². The fraction of sp³-hybridized carbons (Fsp3) is 0.333. The minimum atomic E-state index is -0.382. The molecule has 0 bridgehead atoms. The van der Waals surface area contributed by atoms with Gasteiger partial charge in [-0.15, -0.1) is 11.3 Å². The van der Waals surface area contributed by atoms with E-state index in [-0.39, 0.29) is 12.0 Å². The van der Waals surface area contributed by atoms with E-state index in [1.807, 2.05) is 0 Å². The summed E-state index contributed by atoms with van der Waals surface area (Å²) in [5.41, 5.74) is 4.40. The van der Waals surface area contributed by atoms with Gasteiger partial charge >= 0.3 is 5.97 Å². The molecule has 0 spiro atoms. The number of aryl methyl sites for hydroxylation is 1. The maximum atomic E-state index is 11.8. The van der Waals surface area contributed by atoms with Crippen LogP contribution in [0.1, 0.15) is 41.5 Å². The first-order valence-electron chi connectivity index (χ1n) is 6.55. The number of nitrogens with one attached hydrogen (secondary N) is 1. The molecule has 0 amide bonds. The van der Waals surface area contributed by atoms with E-state index >= 15 is 0 Å². The summed E-state index contributed by atoms with van der Waals surface area (Å²) in [5.74, 6) is -0.382. The van der Waals surface area contributed by atoms with Crippen LogP contribution in [0.3, 0.4) is 0 Å². The fourth-order valence-corrected chi connectivity index (χ4v) is 2.58. The number of hydrogen-bond acceptors (Lipinski definition) is 5. The molecule has 4 nitrogen and oxygen atoms in total. The van der Waals surface area contributed by atoms with Gasteiger partial charge < -0.3 is 10.1 Å². The van der Waals surface area contributed by atoms with Crippen molar-refractivity contribution < 1.29 is 9.53 Å². The number of ether oxygens (including phenoxy) is 1. The molecule has 5 heteroatoms. The van der Waals surface area contributed by atoms with Crippen molar-refractivity contribution in [1.82, 2.24) is 4.98 Å². The summed E-state index contributed by atoms with van der Waals surface area (Å²) >= 11 is 1.41. The third kappa shape index (κ3) is 3.36. The highest BCUT2D eigenvalue weighted by atomic mass is 32.1. The van der Waals surface area contributed by atoms with Crippen molar-refractivity contribution in [3.63, 3.8) is 0 Å². The van der Waals surface area contributed by atoms with Gasteiger partial charge in [0.25, 0.3) is 0 Å². The van der Waals surface area contributed by atoms with Crippen LogP contribution in [0.25, 0.3) is 0 Å². The predicted molar refractivity (Wildman–Crippen MR) is 81.3 cm³/mol. The van der Waals surface area contributed by atoms with Gasteiger partial charge in [0.15, 0.2) is 5.69 Å². The Kier molecular flexibility index (Phi) is 4.74. The zero-order valence-corrected chi connectivity index (χ0v) is 12.7. The van der Waals surface area contributed by atoms with Crippen molar-refractivity contribution in [2.75, 3.05) is 11.9 Å². The summed E-state index contributed by atoms with van der Waals surface area (Å²) in [5, 5.41) is 4.07. The van der Waals surface area contributed by atoms with Crippen LogP contribution in [0.2, 0.25) is 0 Å². The highest BCUT2D eigenvalue weighted by Crippen LogP contribution is 2.26. The molecule has 0 saturated carbocycles. The molecule has 1 unspecified atom stereocenters. The minimum absolute atomic E-state index is 0.101. The Morgan fingerprint density at radius 2 is 2.10 bits per heavy atom. The Labute approximate surface area is 122 Å². The molecule has 1 N–H and O–H groups in total. The third-order valence-corrected chi connectivity index (χ3v) is 3.72. The Morgan fingerprint density at radius 3 is 2.75 bits per heavy atom. The normalized spacial score (nSPS) is 11.9. The van der Waals surface area contributed by atoms with Gasteiger partial charge in [-0.2, -0.15) is 0 Å². The van der Waals surface area contributed by atoms with Gasteiger partial charge in [0.05, 0.1) is 12.1 Å². The van der Waals surface area contributed by atoms with Gasteiger partial charge in [0, 0.05) is 6.04 Å². The zero-order valence-electron chi connectivity index (χ0n) is 11.8. The number of esters is 1. The van der Waals surface area contributed by atoms with Crippen molar-refractivity contribution in [3.05, 3.63) is 46.6 Å². The van der Waals surface area contributed by atoms with Crippen molar-refractivity contribution >= 4 is 22.3 Å². The number of thiazole rings is 1. The second-order valence-corrected chi connectivity index (χ2v) is 5.38. The highest BCUT2D eigenvalue weighted by molar-refractivity contribution is 7.14. The van der Waals surface area contributed by atoms with E-state index in [0.29, 0.717) is 12.3 Å². The molecular weight excluding hydrogens is 272 g/mol. The van der Waals surface area contributed by atoms with Gasteiger partial charge in [0.1, 0.15) is 5.00 Å². The number of carbonyl (C=O) groups excluding carboxylic acids is 1. The summed E-state index contributed by atoms with van der Waals surface area (Å²) < 4.78 is 5.00.